The molecule has 0 spiro atoms. The lowest BCUT2D eigenvalue weighted by atomic mass is 10.1. The van der Waals surface area contributed by atoms with E-state index in [-0.39, 0.29) is 0 Å². The van der Waals surface area contributed by atoms with Crippen LogP contribution in [0.1, 0.15) is 30.9 Å². The third kappa shape index (κ3) is 5.08. The largest absolute Gasteiger partial charge is 0.494 e. The zero-order valence-corrected chi connectivity index (χ0v) is 16.1. The van der Waals surface area contributed by atoms with Crippen LogP contribution in [-0.2, 0) is 13.1 Å². The monoisotopic (exact) mass is 375 g/mol. The molecule has 1 saturated carbocycles. The fraction of sp³-hybridized carbons (Fsp3) is 0.304. The predicted octanol–water partition coefficient (Wildman–Crippen LogP) is 4.83. The van der Waals surface area contributed by atoms with E-state index in [9.17, 15) is 0 Å². The summed E-state index contributed by atoms with van der Waals surface area (Å²) in [5.41, 5.74) is 2.53. The van der Waals surface area contributed by atoms with Crippen LogP contribution in [0.2, 0.25) is 0 Å². The Labute approximate surface area is 166 Å². The summed E-state index contributed by atoms with van der Waals surface area (Å²) in [6, 6.07) is 19.4. The third-order valence-corrected chi connectivity index (χ3v) is 4.72. The fourth-order valence-corrected chi connectivity index (χ4v) is 3.23. The van der Waals surface area contributed by atoms with Crippen molar-refractivity contribution < 1.29 is 9.47 Å². The van der Waals surface area contributed by atoms with Gasteiger partial charge < -0.3 is 9.47 Å². The number of hydrogen-bond donors (Lipinski definition) is 0. The molecule has 144 valence electrons. The van der Waals surface area contributed by atoms with E-state index in [0.29, 0.717) is 18.7 Å². The van der Waals surface area contributed by atoms with Crippen LogP contribution >= 0.6 is 0 Å². The van der Waals surface area contributed by atoms with Crippen LogP contribution in [-0.4, -0.2) is 27.5 Å². The van der Waals surface area contributed by atoms with E-state index in [1.54, 1.807) is 18.5 Å². The molecule has 0 saturated heterocycles. The first-order valence-corrected chi connectivity index (χ1v) is 9.80. The van der Waals surface area contributed by atoms with E-state index in [1.165, 1.54) is 24.0 Å². The maximum atomic E-state index is 5.78. The summed E-state index contributed by atoms with van der Waals surface area (Å²) in [7, 11) is 0. The summed E-state index contributed by atoms with van der Waals surface area (Å²) >= 11 is 0. The van der Waals surface area contributed by atoms with Crippen molar-refractivity contribution >= 4 is 0 Å². The van der Waals surface area contributed by atoms with Gasteiger partial charge in [0.1, 0.15) is 11.5 Å². The van der Waals surface area contributed by atoms with Crippen molar-refractivity contribution in [3.63, 3.8) is 0 Å². The summed E-state index contributed by atoms with van der Waals surface area (Å²) in [5.74, 6) is 1.69. The van der Waals surface area contributed by atoms with Gasteiger partial charge in [-0.2, -0.15) is 0 Å². The van der Waals surface area contributed by atoms with Crippen molar-refractivity contribution in [1.29, 1.82) is 0 Å². The van der Waals surface area contributed by atoms with Gasteiger partial charge in [0.2, 0.25) is 0 Å². The lowest BCUT2D eigenvalue weighted by molar-refractivity contribution is 0.245. The SMILES string of the molecule is CCOc1ccc(CN(Cc2cccc(Oc3ncccn3)c2)C2CC2)cc1. The molecule has 0 unspecified atom stereocenters. The Kier molecular flexibility index (Phi) is 5.83. The highest BCUT2D eigenvalue weighted by Crippen LogP contribution is 2.31. The molecular weight excluding hydrogens is 350 g/mol. The van der Waals surface area contributed by atoms with Gasteiger partial charge in [-0.1, -0.05) is 24.3 Å². The molecule has 2 aromatic carbocycles. The molecule has 1 fully saturated rings. The van der Waals surface area contributed by atoms with Crippen molar-refractivity contribution in [1.82, 2.24) is 14.9 Å². The molecule has 0 bridgehead atoms. The summed E-state index contributed by atoms with van der Waals surface area (Å²) < 4.78 is 11.3. The molecule has 3 aromatic rings. The second kappa shape index (κ2) is 8.85. The number of ether oxygens (including phenoxy) is 2. The number of hydrogen-bond acceptors (Lipinski definition) is 5. The highest BCUT2D eigenvalue weighted by Gasteiger charge is 2.29. The average Bonchev–Trinajstić information content (AvgIpc) is 3.56. The molecule has 5 nitrogen and oxygen atoms in total. The van der Waals surface area contributed by atoms with Crippen molar-refractivity contribution in [3.05, 3.63) is 78.1 Å². The second-order valence-corrected chi connectivity index (χ2v) is 6.99. The first-order chi connectivity index (χ1) is 13.8. The van der Waals surface area contributed by atoms with Crippen molar-refractivity contribution in [2.24, 2.45) is 0 Å². The normalized spacial score (nSPS) is 13.5. The van der Waals surface area contributed by atoms with E-state index in [1.807, 2.05) is 19.1 Å². The van der Waals surface area contributed by atoms with Crippen LogP contribution in [0.3, 0.4) is 0 Å². The molecule has 1 heterocycles. The van der Waals surface area contributed by atoms with Crippen LogP contribution in [0.25, 0.3) is 0 Å². The van der Waals surface area contributed by atoms with Crippen LogP contribution in [0.15, 0.2) is 67.0 Å². The average molecular weight is 375 g/mol. The molecule has 1 aliphatic rings. The lowest BCUT2D eigenvalue weighted by Crippen LogP contribution is -2.25. The van der Waals surface area contributed by atoms with Gasteiger partial charge >= 0.3 is 6.01 Å². The molecule has 0 N–H and O–H groups in total. The second-order valence-electron chi connectivity index (χ2n) is 6.99. The predicted molar refractivity (Wildman–Crippen MR) is 108 cm³/mol. The fourth-order valence-electron chi connectivity index (χ4n) is 3.23. The highest BCUT2D eigenvalue weighted by molar-refractivity contribution is 5.31. The molecule has 0 amide bonds. The zero-order chi connectivity index (χ0) is 19.2. The minimum Gasteiger partial charge on any atom is -0.494 e. The van der Waals surface area contributed by atoms with Crippen LogP contribution in [0.4, 0.5) is 0 Å². The van der Waals surface area contributed by atoms with Gasteiger partial charge in [0, 0.05) is 31.5 Å². The summed E-state index contributed by atoms with van der Waals surface area (Å²) in [6.07, 6.45) is 5.89. The summed E-state index contributed by atoms with van der Waals surface area (Å²) in [5, 5.41) is 0. The van der Waals surface area contributed by atoms with Crippen molar-refractivity contribution in [2.45, 2.75) is 38.9 Å². The highest BCUT2D eigenvalue weighted by atomic mass is 16.5. The van der Waals surface area contributed by atoms with E-state index in [4.69, 9.17) is 9.47 Å². The molecule has 0 atom stereocenters. The number of nitrogens with zero attached hydrogens (tertiary/aromatic N) is 3. The smallest absolute Gasteiger partial charge is 0.321 e. The van der Waals surface area contributed by atoms with E-state index >= 15 is 0 Å². The van der Waals surface area contributed by atoms with Crippen molar-refractivity contribution in [3.8, 4) is 17.5 Å². The Hall–Kier alpha value is -2.92. The quantitative estimate of drug-likeness (QED) is 0.536. The first-order valence-electron chi connectivity index (χ1n) is 9.80. The molecule has 0 aliphatic heterocycles. The van der Waals surface area contributed by atoms with E-state index < -0.39 is 0 Å². The standard InChI is InChI=1S/C23H25N3O2/c1-2-27-21-11-7-18(8-12-21)16-26(20-9-10-20)17-19-5-3-6-22(15-19)28-23-24-13-4-14-25-23/h3-8,11-15,20H,2,9-10,16-17H2,1H3. The van der Waals surface area contributed by atoms with Crippen molar-refractivity contribution in [2.75, 3.05) is 6.61 Å². The molecule has 1 aliphatic carbocycles. The van der Waals surface area contributed by atoms with E-state index in [0.717, 1.165) is 24.6 Å². The minimum atomic E-state index is 0.369. The Balaban J connectivity index is 1.42. The van der Waals surface area contributed by atoms with Gasteiger partial charge in [0.15, 0.2) is 0 Å². The zero-order valence-electron chi connectivity index (χ0n) is 16.1. The van der Waals surface area contributed by atoms with E-state index in [2.05, 4.69) is 51.3 Å². The number of aromatic nitrogens is 2. The minimum absolute atomic E-state index is 0.369. The first kappa shape index (κ1) is 18.4. The lowest BCUT2D eigenvalue weighted by Gasteiger charge is -2.22. The van der Waals surface area contributed by atoms with Gasteiger partial charge in [-0.3, -0.25) is 4.90 Å². The van der Waals surface area contributed by atoms with Gasteiger partial charge in [0.05, 0.1) is 6.61 Å². The Bertz CT molecular complexity index is 880. The number of rotatable bonds is 9. The molecule has 1 aromatic heterocycles. The third-order valence-electron chi connectivity index (χ3n) is 4.72. The summed E-state index contributed by atoms with van der Waals surface area (Å²) in [4.78, 5) is 10.8. The number of benzene rings is 2. The maximum Gasteiger partial charge on any atom is 0.321 e. The van der Waals surface area contributed by atoms with Crippen LogP contribution in [0, 0.1) is 0 Å². The topological polar surface area (TPSA) is 47.5 Å². The van der Waals surface area contributed by atoms with Crippen LogP contribution < -0.4 is 9.47 Å². The van der Waals surface area contributed by atoms with Gasteiger partial charge in [0.25, 0.3) is 0 Å². The molecular formula is C23H25N3O2. The molecule has 5 heteroatoms. The molecule has 28 heavy (non-hydrogen) atoms. The van der Waals surface area contributed by atoms with Crippen LogP contribution in [0.5, 0.6) is 17.5 Å². The Morgan fingerprint density at radius 1 is 0.893 bits per heavy atom. The maximum absolute atomic E-state index is 5.78. The Morgan fingerprint density at radius 3 is 2.36 bits per heavy atom. The molecule has 4 rings (SSSR count). The molecule has 0 radical (unpaired) electrons. The van der Waals surface area contributed by atoms with Gasteiger partial charge in [-0.25, -0.2) is 9.97 Å². The Morgan fingerprint density at radius 2 is 1.64 bits per heavy atom. The summed E-state index contributed by atoms with van der Waals surface area (Å²) in [6.45, 7) is 4.53. The van der Waals surface area contributed by atoms with Gasteiger partial charge in [-0.05, 0) is 61.2 Å². The van der Waals surface area contributed by atoms with Gasteiger partial charge in [-0.15, -0.1) is 0 Å².